The topological polar surface area (TPSA) is 79.5 Å². The van der Waals surface area contributed by atoms with Crippen molar-refractivity contribution >= 4 is 11.9 Å². The molecule has 0 bridgehead atoms. The summed E-state index contributed by atoms with van der Waals surface area (Å²) >= 11 is 0. The van der Waals surface area contributed by atoms with Gasteiger partial charge in [-0.3, -0.25) is 4.79 Å². The van der Waals surface area contributed by atoms with Gasteiger partial charge in [-0.2, -0.15) is 0 Å². The van der Waals surface area contributed by atoms with E-state index in [0.717, 1.165) is 12.8 Å². The van der Waals surface area contributed by atoms with Crippen LogP contribution in [-0.4, -0.2) is 23.0 Å². The standard InChI is InChI=1S/C16H14FNO4/c17-11-5-3-9(4-6-11)12-7-8-13(22-12)15(19)18-14(16(20)21)10-1-2-10/h3-8,10,14H,1-2H2,(H,18,19)(H,20,21). The average molecular weight is 303 g/mol. The maximum absolute atomic E-state index is 12.9. The molecule has 0 saturated heterocycles. The number of carboxylic acid groups (broad SMARTS) is 1. The van der Waals surface area contributed by atoms with Gasteiger partial charge in [0.15, 0.2) is 5.76 Å². The summed E-state index contributed by atoms with van der Waals surface area (Å²) in [5, 5.41) is 11.6. The van der Waals surface area contributed by atoms with E-state index in [-0.39, 0.29) is 17.5 Å². The van der Waals surface area contributed by atoms with Gasteiger partial charge in [0.05, 0.1) is 0 Å². The molecule has 2 N–H and O–H groups in total. The zero-order valence-electron chi connectivity index (χ0n) is 11.6. The minimum absolute atomic E-state index is 0.00650. The van der Waals surface area contributed by atoms with Gasteiger partial charge in [-0.1, -0.05) is 0 Å². The van der Waals surface area contributed by atoms with Gasteiger partial charge >= 0.3 is 5.97 Å². The maximum atomic E-state index is 12.9. The highest BCUT2D eigenvalue weighted by molar-refractivity contribution is 5.95. The maximum Gasteiger partial charge on any atom is 0.326 e. The zero-order chi connectivity index (χ0) is 15.7. The smallest absolute Gasteiger partial charge is 0.326 e. The van der Waals surface area contributed by atoms with E-state index in [0.29, 0.717) is 11.3 Å². The molecular weight excluding hydrogens is 289 g/mol. The molecule has 3 rings (SSSR count). The Kier molecular flexibility index (Phi) is 3.66. The number of benzene rings is 1. The molecule has 114 valence electrons. The summed E-state index contributed by atoms with van der Waals surface area (Å²) in [5.74, 6) is -1.52. The van der Waals surface area contributed by atoms with Crippen LogP contribution in [0.25, 0.3) is 11.3 Å². The Labute approximate surface area is 125 Å². The molecule has 22 heavy (non-hydrogen) atoms. The molecule has 1 aliphatic rings. The van der Waals surface area contributed by atoms with Crippen molar-refractivity contribution in [2.24, 2.45) is 5.92 Å². The highest BCUT2D eigenvalue weighted by atomic mass is 19.1. The average Bonchev–Trinajstić information content (AvgIpc) is 3.21. The van der Waals surface area contributed by atoms with Crippen LogP contribution < -0.4 is 5.32 Å². The second kappa shape index (κ2) is 5.63. The predicted octanol–water partition coefficient (Wildman–Crippen LogP) is 2.68. The molecule has 1 unspecified atom stereocenters. The predicted molar refractivity (Wildman–Crippen MR) is 75.7 cm³/mol. The molecule has 1 aromatic carbocycles. The summed E-state index contributed by atoms with van der Waals surface area (Å²) in [4.78, 5) is 23.2. The Bertz CT molecular complexity index is 703. The quantitative estimate of drug-likeness (QED) is 0.890. The second-order valence-electron chi connectivity index (χ2n) is 5.30. The molecule has 2 aromatic rings. The van der Waals surface area contributed by atoms with E-state index >= 15 is 0 Å². The highest BCUT2D eigenvalue weighted by Crippen LogP contribution is 2.33. The first kappa shape index (κ1) is 14.3. The van der Waals surface area contributed by atoms with E-state index < -0.39 is 17.9 Å². The molecule has 6 heteroatoms. The van der Waals surface area contributed by atoms with Gasteiger partial charge in [-0.05, 0) is 55.2 Å². The van der Waals surface area contributed by atoms with E-state index in [1.54, 1.807) is 18.2 Å². The fraction of sp³-hybridized carbons (Fsp3) is 0.250. The van der Waals surface area contributed by atoms with Crippen molar-refractivity contribution in [2.75, 3.05) is 0 Å². The van der Waals surface area contributed by atoms with Gasteiger partial charge in [-0.25, -0.2) is 9.18 Å². The summed E-state index contributed by atoms with van der Waals surface area (Å²) < 4.78 is 18.3. The van der Waals surface area contributed by atoms with Crippen LogP contribution in [-0.2, 0) is 4.79 Å². The van der Waals surface area contributed by atoms with Crippen molar-refractivity contribution in [3.05, 3.63) is 48.0 Å². The number of hydrogen-bond donors (Lipinski definition) is 2. The minimum atomic E-state index is -1.04. The zero-order valence-corrected chi connectivity index (χ0v) is 11.6. The number of aliphatic carboxylic acids is 1. The van der Waals surface area contributed by atoms with Crippen LogP contribution in [0.5, 0.6) is 0 Å². The lowest BCUT2D eigenvalue weighted by molar-refractivity contribution is -0.139. The summed E-state index contributed by atoms with van der Waals surface area (Å²) in [6.07, 6.45) is 1.60. The third-order valence-electron chi connectivity index (χ3n) is 3.60. The summed E-state index contributed by atoms with van der Waals surface area (Å²) in [7, 11) is 0. The van der Waals surface area contributed by atoms with Crippen molar-refractivity contribution in [1.82, 2.24) is 5.32 Å². The molecule has 1 amide bonds. The van der Waals surface area contributed by atoms with Crippen molar-refractivity contribution in [3.8, 4) is 11.3 Å². The van der Waals surface area contributed by atoms with E-state index in [2.05, 4.69) is 5.32 Å². The first-order valence-corrected chi connectivity index (χ1v) is 6.94. The van der Waals surface area contributed by atoms with Gasteiger partial charge in [0.2, 0.25) is 0 Å². The van der Waals surface area contributed by atoms with E-state index in [4.69, 9.17) is 9.52 Å². The Morgan fingerprint density at radius 2 is 1.86 bits per heavy atom. The van der Waals surface area contributed by atoms with Crippen LogP contribution >= 0.6 is 0 Å². The number of carbonyl (C=O) groups excluding carboxylic acids is 1. The van der Waals surface area contributed by atoms with Gasteiger partial charge < -0.3 is 14.8 Å². The minimum Gasteiger partial charge on any atom is -0.480 e. The van der Waals surface area contributed by atoms with Crippen molar-refractivity contribution in [2.45, 2.75) is 18.9 Å². The van der Waals surface area contributed by atoms with E-state index in [1.807, 2.05) is 0 Å². The molecule has 1 atom stereocenters. The van der Waals surface area contributed by atoms with Crippen molar-refractivity contribution in [1.29, 1.82) is 0 Å². The van der Waals surface area contributed by atoms with E-state index in [1.165, 1.54) is 18.2 Å². The summed E-state index contributed by atoms with van der Waals surface area (Å²) in [6.45, 7) is 0. The van der Waals surface area contributed by atoms with Crippen molar-refractivity contribution in [3.63, 3.8) is 0 Å². The number of rotatable bonds is 5. The number of nitrogens with one attached hydrogen (secondary N) is 1. The highest BCUT2D eigenvalue weighted by Gasteiger charge is 2.37. The number of hydrogen-bond acceptors (Lipinski definition) is 3. The Morgan fingerprint density at radius 3 is 2.45 bits per heavy atom. The first-order chi connectivity index (χ1) is 10.5. The van der Waals surface area contributed by atoms with Gasteiger partial charge in [0.25, 0.3) is 5.91 Å². The van der Waals surface area contributed by atoms with Crippen molar-refractivity contribution < 1.29 is 23.5 Å². The molecule has 0 spiro atoms. The number of carbonyl (C=O) groups is 2. The largest absolute Gasteiger partial charge is 0.480 e. The van der Waals surface area contributed by atoms with Crippen LogP contribution in [0.3, 0.4) is 0 Å². The number of amides is 1. The second-order valence-corrected chi connectivity index (χ2v) is 5.30. The summed E-state index contributed by atoms with van der Waals surface area (Å²) in [6, 6.07) is 7.86. The number of carboxylic acids is 1. The summed E-state index contributed by atoms with van der Waals surface area (Å²) in [5.41, 5.74) is 0.637. The molecular formula is C16H14FNO4. The third kappa shape index (κ3) is 3.00. The van der Waals surface area contributed by atoms with Crippen LogP contribution in [0, 0.1) is 11.7 Å². The van der Waals surface area contributed by atoms with Crippen LogP contribution in [0.1, 0.15) is 23.4 Å². The van der Waals surface area contributed by atoms with Gasteiger partial charge in [-0.15, -0.1) is 0 Å². The number of furan rings is 1. The molecule has 1 fully saturated rings. The molecule has 0 aliphatic heterocycles. The van der Waals surface area contributed by atoms with Crippen LogP contribution in [0.2, 0.25) is 0 Å². The Morgan fingerprint density at radius 1 is 1.18 bits per heavy atom. The third-order valence-corrected chi connectivity index (χ3v) is 3.60. The monoisotopic (exact) mass is 303 g/mol. The van der Waals surface area contributed by atoms with E-state index in [9.17, 15) is 14.0 Å². The fourth-order valence-corrected chi connectivity index (χ4v) is 2.25. The lowest BCUT2D eigenvalue weighted by Gasteiger charge is -2.12. The van der Waals surface area contributed by atoms with Gasteiger partial charge in [0.1, 0.15) is 17.6 Å². The molecule has 1 aliphatic carbocycles. The molecule has 1 heterocycles. The van der Waals surface area contributed by atoms with Crippen LogP contribution in [0.15, 0.2) is 40.8 Å². The molecule has 1 saturated carbocycles. The fourth-order valence-electron chi connectivity index (χ4n) is 2.25. The van der Waals surface area contributed by atoms with Gasteiger partial charge in [0, 0.05) is 5.56 Å². The number of halogens is 1. The Hall–Kier alpha value is -2.63. The molecule has 0 radical (unpaired) electrons. The molecule has 1 aromatic heterocycles. The lowest BCUT2D eigenvalue weighted by Crippen LogP contribution is -2.42. The Balaban J connectivity index is 1.74. The molecule has 5 nitrogen and oxygen atoms in total. The van der Waals surface area contributed by atoms with Crippen LogP contribution in [0.4, 0.5) is 4.39 Å². The normalized spacial score (nSPS) is 15.3. The first-order valence-electron chi connectivity index (χ1n) is 6.94. The SMILES string of the molecule is O=C(NC(C(=O)O)C1CC1)c1ccc(-c2ccc(F)cc2)o1. The lowest BCUT2D eigenvalue weighted by atomic mass is 10.2.